The van der Waals surface area contributed by atoms with Crippen LogP contribution in [0, 0.1) is 11.3 Å². The van der Waals surface area contributed by atoms with Crippen LogP contribution in [0.4, 0.5) is 5.69 Å². The zero-order chi connectivity index (χ0) is 17.1. The van der Waals surface area contributed by atoms with Crippen LogP contribution < -0.4 is 10.2 Å². The molecule has 136 valence electrons. The van der Waals surface area contributed by atoms with Crippen molar-refractivity contribution >= 4 is 11.6 Å². The van der Waals surface area contributed by atoms with Gasteiger partial charge in [-0.3, -0.25) is 4.99 Å². The second-order valence-corrected chi connectivity index (χ2v) is 7.84. The van der Waals surface area contributed by atoms with E-state index in [1.165, 1.54) is 24.9 Å². The summed E-state index contributed by atoms with van der Waals surface area (Å²) in [5.41, 5.74) is 1.73. The van der Waals surface area contributed by atoms with Gasteiger partial charge < -0.3 is 19.9 Å². The first-order valence-electron chi connectivity index (χ1n) is 9.61. The Morgan fingerprint density at radius 3 is 2.92 bits per heavy atom. The van der Waals surface area contributed by atoms with E-state index in [1.807, 2.05) is 7.05 Å². The average molecular weight is 342 g/mol. The molecule has 5 nitrogen and oxygen atoms in total. The van der Waals surface area contributed by atoms with E-state index in [-0.39, 0.29) is 0 Å². The lowest BCUT2D eigenvalue weighted by Gasteiger charge is -2.26. The number of likely N-dealkylation sites (tertiary alicyclic amines) is 1. The monoisotopic (exact) mass is 342 g/mol. The second kappa shape index (κ2) is 7.24. The van der Waals surface area contributed by atoms with Gasteiger partial charge in [0, 0.05) is 57.5 Å². The smallest absolute Gasteiger partial charge is 0.193 e. The van der Waals surface area contributed by atoms with Crippen molar-refractivity contribution in [1.29, 1.82) is 0 Å². The Bertz CT molecular complexity index is 597. The van der Waals surface area contributed by atoms with Gasteiger partial charge in [0.25, 0.3) is 0 Å². The van der Waals surface area contributed by atoms with Gasteiger partial charge in [0.15, 0.2) is 5.96 Å². The average Bonchev–Trinajstić information content (AvgIpc) is 3.39. The molecule has 4 rings (SSSR count). The first-order chi connectivity index (χ1) is 12.3. The van der Waals surface area contributed by atoms with E-state index in [0.29, 0.717) is 11.3 Å². The minimum absolute atomic E-state index is 0.384. The number of rotatable bonds is 3. The number of hydrogen-bond acceptors (Lipinski definition) is 3. The summed E-state index contributed by atoms with van der Waals surface area (Å²) in [6, 6.07) is 10.8. The highest BCUT2D eigenvalue weighted by atomic mass is 16.5. The number of aliphatic imine (C=N–C) groups is 1. The number of para-hydroxylation sites is 1. The van der Waals surface area contributed by atoms with Gasteiger partial charge >= 0.3 is 0 Å². The molecule has 0 bridgehead atoms. The SMILES string of the molecule is CN=C(NCC1CCN(c2ccccc2)C1)N1CCC2(CCOC2)C1. The third-order valence-corrected chi connectivity index (χ3v) is 6.09. The topological polar surface area (TPSA) is 40.1 Å². The lowest BCUT2D eigenvalue weighted by atomic mass is 9.87. The molecule has 25 heavy (non-hydrogen) atoms. The molecule has 3 saturated heterocycles. The third-order valence-electron chi connectivity index (χ3n) is 6.09. The summed E-state index contributed by atoms with van der Waals surface area (Å²) >= 11 is 0. The molecule has 5 heteroatoms. The Labute approximate surface area is 151 Å². The van der Waals surface area contributed by atoms with E-state index in [0.717, 1.165) is 51.9 Å². The summed E-state index contributed by atoms with van der Waals surface area (Å²) in [6.45, 7) is 7.34. The maximum atomic E-state index is 5.65. The van der Waals surface area contributed by atoms with E-state index in [1.54, 1.807) is 0 Å². The maximum Gasteiger partial charge on any atom is 0.193 e. The largest absolute Gasteiger partial charge is 0.381 e. The van der Waals surface area contributed by atoms with Crippen molar-refractivity contribution in [3.63, 3.8) is 0 Å². The summed E-state index contributed by atoms with van der Waals surface area (Å²) < 4.78 is 5.65. The molecular weight excluding hydrogens is 312 g/mol. The molecule has 0 aliphatic carbocycles. The van der Waals surface area contributed by atoms with Crippen molar-refractivity contribution in [2.75, 3.05) is 57.9 Å². The predicted octanol–water partition coefficient (Wildman–Crippen LogP) is 2.20. The molecule has 0 amide bonds. The van der Waals surface area contributed by atoms with E-state index < -0.39 is 0 Å². The fraction of sp³-hybridized carbons (Fsp3) is 0.650. The van der Waals surface area contributed by atoms with Crippen LogP contribution in [0.2, 0.25) is 0 Å². The lowest BCUT2D eigenvalue weighted by Crippen LogP contribution is -2.43. The highest BCUT2D eigenvalue weighted by molar-refractivity contribution is 5.80. The number of nitrogens with zero attached hydrogens (tertiary/aromatic N) is 3. The van der Waals surface area contributed by atoms with Gasteiger partial charge in [-0.1, -0.05) is 18.2 Å². The fourth-order valence-electron chi connectivity index (χ4n) is 4.53. The van der Waals surface area contributed by atoms with Crippen molar-refractivity contribution in [2.24, 2.45) is 16.3 Å². The Hall–Kier alpha value is -1.75. The zero-order valence-corrected chi connectivity index (χ0v) is 15.3. The molecule has 1 aromatic carbocycles. The Morgan fingerprint density at radius 2 is 2.16 bits per heavy atom. The number of guanidine groups is 1. The van der Waals surface area contributed by atoms with Gasteiger partial charge in [0.1, 0.15) is 0 Å². The lowest BCUT2D eigenvalue weighted by molar-refractivity contribution is 0.156. The summed E-state index contributed by atoms with van der Waals surface area (Å²) in [5.74, 6) is 1.75. The number of ether oxygens (including phenoxy) is 1. The van der Waals surface area contributed by atoms with E-state index in [2.05, 4.69) is 50.4 Å². The van der Waals surface area contributed by atoms with Crippen molar-refractivity contribution in [3.05, 3.63) is 30.3 Å². The van der Waals surface area contributed by atoms with Crippen molar-refractivity contribution in [3.8, 4) is 0 Å². The number of anilines is 1. The Morgan fingerprint density at radius 1 is 1.28 bits per heavy atom. The number of benzene rings is 1. The van der Waals surface area contributed by atoms with Gasteiger partial charge in [0.2, 0.25) is 0 Å². The number of nitrogens with one attached hydrogen (secondary N) is 1. The molecular formula is C20H30N4O. The molecule has 3 fully saturated rings. The van der Waals surface area contributed by atoms with Crippen molar-refractivity contribution in [2.45, 2.75) is 19.3 Å². The zero-order valence-electron chi connectivity index (χ0n) is 15.3. The first kappa shape index (κ1) is 16.7. The minimum Gasteiger partial charge on any atom is -0.381 e. The summed E-state index contributed by atoms with van der Waals surface area (Å²) in [7, 11) is 1.91. The molecule has 1 aromatic rings. The molecule has 3 aliphatic rings. The van der Waals surface area contributed by atoms with Gasteiger partial charge in [-0.15, -0.1) is 0 Å². The van der Waals surface area contributed by atoms with Crippen LogP contribution in [0.1, 0.15) is 19.3 Å². The standard InChI is InChI=1S/C20H30N4O/c1-21-19(24-11-8-20(15-24)9-12-25-16-20)22-13-17-7-10-23(14-17)18-5-3-2-4-6-18/h2-6,17H,7-16H2,1H3,(H,21,22). The van der Waals surface area contributed by atoms with Gasteiger partial charge in [0.05, 0.1) is 6.61 Å². The molecule has 0 saturated carbocycles. The molecule has 2 atom stereocenters. The van der Waals surface area contributed by atoms with Crippen molar-refractivity contribution < 1.29 is 4.74 Å². The molecule has 2 unspecified atom stereocenters. The summed E-state index contributed by atoms with van der Waals surface area (Å²) in [4.78, 5) is 9.46. The van der Waals surface area contributed by atoms with Crippen LogP contribution in [0.25, 0.3) is 0 Å². The Balaban J connectivity index is 1.28. The first-order valence-corrected chi connectivity index (χ1v) is 9.61. The van der Waals surface area contributed by atoms with Crippen LogP contribution in [-0.4, -0.2) is 63.8 Å². The summed E-state index contributed by atoms with van der Waals surface area (Å²) in [6.07, 6.45) is 3.69. The normalized spacial score (nSPS) is 29.8. The molecule has 3 heterocycles. The number of hydrogen-bond donors (Lipinski definition) is 1. The quantitative estimate of drug-likeness (QED) is 0.675. The minimum atomic E-state index is 0.384. The Kier molecular flexibility index (Phi) is 4.84. The third kappa shape index (κ3) is 3.61. The highest BCUT2D eigenvalue weighted by Gasteiger charge is 2.42. The van der Waals surface area contributed by atoms with Crippen LogP contribution in [0.3, 0.4) is 0 Å². The van der Waals surface area contributed by atoms with Crippen LogP contribution in [-0.2, 0) is 4.74 Å². The van der Waals surface area contributed by atoms with Crippen molar-refractivity contribution in [1.82, 2.24) is 10.2 Å². The fourth-order valence-corrected chi connectivity index (χ4v) is 4.53. The molecule has 3 aliphatic heterocycles. The van der Waals surface area contributed by atoms with Crippen LogP contribution in [0.5, 0.6) is 0 Å². The van der Waals surface area contributed by atoms with Gasteiger partial charge in [-0.05, 0) is 37.3 Å². The van der Waals surface area contributed by atoms with E-state index in [9.17, 15) is 0 Å². The maximum absolute atomic E-state index is 5.65. The van der Waals surface area contributed by atoms with Crippen LogP contribution in [0.15, 0.2) is 35.3 Å². The van der Waals surface area contributed by atoms with E-state index >= 15 is 0 Å². The molecule has 0 aromatic heterocycles. The van der Waals surface area contributed by atoms with Gasteiger partial charge in [-0.2, -0.15) is 0 Å². The molecule has 0 radical (unpaired) electrons. The molecule has 1 spiro atoms. The molecule has 1 N–H and O–H groups in total. The highest BCUT2D eigenvalue weighted by Crippen LogP contribution is 2.38. The predicted molar refractivity (Wildman–Crippen MR) is 102 cm³/mol. The van der Waals surface area contributed by atoms with E-state index in [4.69, 9.17) is 4.74 Å². The van der Waals surface area contributed by atoms with Gasteiger partial charge in [-0.25, -0.2) is 0 Å². The summed E-state index contributed by atoms with van der Waals surface area (Å²) in [5, 5.41) is 3.64. The van der Waals surface area contributed by atoms with Crippen LogP contribution >= 0.6 is 0 Å². The second-order valence-electron chi connectivity index (χ2n) is 7.84.